The molecule has 1 atom stereocenters. The molecule has 0 aliphatic carbocycles. The second-order valence-corrected chi connectivity index (χ2v) is 6.12. The molecule has 2 saturated heterocycles. The number of piperidine rings is 1. The summed E-state index contributed by atoms with van der Waals surface area (Å²) in [5, 5.41) is 13.1. The largest absolute Gasteiger partial charge is 0.393 e. The van der Waals surface area contributed by atoms with Crippen molar-refractivity contribution >= 4 is 0 Å². The van der Waals surface area contributed by atoms with Crippen LogP contribution >= 0.6 is 0 Å². The highest BCUT2D eigenvalue weighted by Crippen LogP contribution is 2.23. The Labute approximate surface area is 127 Å². The van der Waals surface area contributed by atoms with Crippen molar-refractivity contribution < 1.29 is 5.11 Å². The average molecular weight is 290 g/mol. The van der Waals surface area contributed by atoms with E-state index in [-0.39, 0.29) is 6.10 Å². The summed E-state index contributed by atoms with van der Waals surface area (Å²) < 4.78 is 0. The number of aliphatic hydroxyl groups excluding tert-OH is 1. The first kappa shape index (κ1) is 14.9. The highest BCUT2D eigenvalue weighted by molar-refractivity contribution is 5.15. The highest BCUT2D eigenvalue weighted by atomic mass is 16.3. The normalized spacial score (nSPS) is 24.0. The van der Waals surface area contributed by atoms with Crippen LogP contribution in [0.4, 0.5) is 0 Å². The monoisotopic (exact) mass is 290 g/mol. The summed E-state index contributed by atoms with van der Waals surface area (Å²) in [7, 11) is 0. The summed E-state index contributed by atoms with van der Waals surface area (Å²) in [6.45, 7) is 7.36. The van der Waals surface area contributed by atoms with Crippen LogP contribution in [0.2, 0.25) is 0 Å². The first-order valence-electron chi connectivity index (χ1n) is 8.08. The van der Waals surface area contributed by atoms with Crippen LogP contribution in [-0.4, -0.2) is 71.8 Å². The van der Waals surface area contributed by atoms with Crippen LogP contribution in [0.3, 0.4) is 0 Å². The summed E-state index contributed by atoms with van der Waals surface area (Å²) in [5.74, 6) is 0. The predicted molar refractivity (Wildman–Crippen MR) is 83.1 cm³/mol. The average Bonchev–Trinajstić information content (AvgIpc) is 2.56. The van der Waals surface area contributed by atoms with Crippen molar-refractivity contribution in [1.82, 2.24) is 20.1 Å². The molecule has 5 heteroatoms. The Morgan fingerprint density at radius 1 is 1.24 bits per heavy atom. The van der Waals surface area contributed by atoms with Crippen molar-refractivity contribution in [1.29, 1.82) is 0 Å². The number of aromatic nitrogens is 1. The van der Waals surface area contributed by atoms with Crippen molar-refractivity contribution in [2.24, 2.45) is 0 Å². The van der Waals surface area contributed by atoms with Gasteiger partial charge in [0, 0.05) is 64.2 Å². The Kier molecular flexibility index (Phi) is 5.19. The number of hydrogen-bond acceptors (Lipinski definition) is 5. The third kappa shape index (κ3) is 4.01. The minimum Gasteiger partial charge on any atom is -0.393 e. The lowest BCUT2D eigenvalue weighted by Crippen LogP contribution is -2.49. The van der Waals surface area contributed by atoms with Gasteiger partial charge in [-0.2, -0.15) is 0 Å². The zero-order valence-corrected chi connectivity index (χ0v) is 12.6. The standard InChI is InChI=1S/C16H26N4O/c21-15-3-8-19(9-4-15)13-16(14-2-1-5-18-12-14)20-10-6-17-7-11-20/h1-2,5,12,15-17,21H,3-4,6-11,13H2. The van der Waals surface area contributed by atoms with E-state index < -0.39 is 0 Å². The van der Waals surface area contributed by atoms with Gasteiger partial charge in [-0.05, 0) is 24.5 Å². The topological polar surface area (TPSA) is 51.6 Å². The van der Waals surface area contributed by atoms with Crippen LogP contribution in [-0.2, 0) is 0 Å². The second kappa shape index (κ2) is 7.31. The smallest absolute Gasteiger partial charge is 0.0564 e. The quantitative estimate of drug-likeness (QED) is 0.845. The van der Waals surface area contributed by atoms with Gasteiger partial charge in [-0.1, -0.05) is 6.07 Å². The van der Waals surface area contributed by atoms with E-state index >= 15 is 0 Å². The zero-order valence-electron chi connectivity index (χ0n) is 12.6. The van der Waals surface area contributed by atoms with Crippen molar-refractivity contribution in [2.45, 2.75) is 25.0 Å². The predicted octanol–water partition coefficient (Wildman–Crippen LogP) is 0.485. The Hall–Kier alpha value is -1.01. The van der Waals surface area contributed by atoms with Gasteiger partial charge in [-0.3, -0.25) is 9.88 Å². The molecule has 3 rings (SSSR count). The maximum atomic E-state index is 9.67. The number of piperazine rings is 1. The van der Waals surface area contributed by atoms with Gasteiger partial charge in [0.1, 0.15) is 0 Å². The van der Waals surface area contributed by atoms with E-state index in [0.29, 0.717) is 6.04 Å². The molecule has 0 aromatic carbocycles. The van der Waals surface area contributed by atoms with Crippen molar-refractivity contribution in [3.63, 3.8) is 0 Å². The zero-order chi connectivity index (χ0) is 14.5. The number of nitrogens with zero attached hydrogens (tertiary/aromatic N) is 3. The maximum absolute atomic E-state index is 9.67. The van der Waals surface area contributed by atoms with Gasteiger partial charge in [0.15, 0.2) is 0 Å². The molecule has 21 heavy (non-hydrogen) atoms. The molecular weight excluding hydrogens is 264 g/mol. The summed E-state index contributed by atoms with van der Waals surface area (Å²) in [6, 6.07) is 4.64. The lowest BCUT2D eigenvalue weighted by molar-refractivity contribution is 0.0588. The van der Waals surface area contributed by atoms with Crippen LogP contribution in [0.15, 0.2) is 24.5 Å². The summed E-state index contributed by atoms with van der Waals surface area (Å²) in [4.78, 5) is 9.37. The van der Waals surface area contributed by atoms with Crippen LogP contribution in [0.5, 0.6) is 0 Å². The molecule has 0 saturated carbocycles. The summed E-state index contributed by atoms with van der Waals surface area (Å²) in [5.41, 5.74) is 1.31. The van der Waals surface area contributed by atoms with Gasteiger partial charge in [-0.25, -0.2) is 0 Å². The number of rotatable bonds is 4. The van der Waals surface area contributed by atoms with Crippen LogP contribution in [0.25, 0.3) is 0 Å². The van der Waals surface area contributed by atoms with Gasteiger partial charge in [-0.15, -0.1) is 0 Å². The number of pyridine rings is 1. The molecule has 2 fully saturated rings. The molecule has 0 bridgehead atoms. The highest BCUT2D eigenvalue weighted by Gasteiger charge is 2.26. The lowest BCUT2D eigenvalue weighted by atomic mass is 10.0. The Balaban J connectivity index is 1.69. The Morgan fingerprint density at radius 2 is 2.00 bits per heavy atom. The van der Waals surface area contributed by atoms with Gasteiger partial charge < -0.3 is 15.3 Å². The van der Waals surface area contributed by atoms with Crippen molar-refractivity contribution in [2.75, 3.05) is 45.8 Å². The van der Waals surface area contributed by atoms with Crippen molar-refractivity contribution in [3.05, 3.63) is 30.1 Å². The van der Waals surface area contributed by atoms with E-state index in [9.17, 15) is 5.11 Å². The first-order valence-corrected chi connectivity index (χ1v) is 8.08. The third-order valence-corrected chi connectivity index (χ3v) is 4.65. The molecule has 116 valence electrons. The molecular formula is C16H26N4O. The minimum absolute atomic E-state index is 0.0997. The maximum Gasteiger partial charge on any atom is 0.0564 e. The molecule has 2 N–H and O–H groups in total. The lowest BCUT2D eigenvalue weighted by Gasteiger charge is -2.39. The molecule has 0 spiro atoms. The molecule has 0 radical (unpaired) electrons. The van der Waals surface area contributed by atoms with Crippen LogP contribution in [0.1, 0.15) is 24.4 Å². The van der Waals surface area contributed by atoms with Crippen LogP contribution < -0.4 is 5.32 Å². The summed E-state index contributed by atoms with van der Waals surface area (Å²) >= 11 is 0. The number of nitrogens with one attached hydrogen (secondary N) is 1. The number of hydrogen-bond donors (Lipinski definition) is 2. The van der Waals surface area contributed by atoms with Crippen molar-refractivity contribution in [3.8, 4) is 0 Å². The minimum atomic E-state index is -0.0997. The molecule has 0 amide bonds. The Bertz CT molecular complexity index is 414. The van der Waals surface area contributed by atoms with E-state index in [0.717, 1.165) is 58.7 Å². The first-order chi connectivity index (χ1) is 10.3. The SMILES string of the molecule is OC1CCN(CC(c2cccnc2)N2CCNCC2)CC1. The van der Waals surface area contributed by atoms with Gasteiger partial charge in [0.05, 0.1) is 6.10 Å². The van der Waals surface area contributed by atoms with E-state index in [1.54, 1.807) is 0 Å². The molecule has 1 aromatic rings. The van der Waals surface area contributed by atoms with E-state index in [2.05, 4.69) is 26.2 Å². The molecule has 2 aliphatic rings. The second-order valence-electron chi connectivity index (χ2n) is 6.12. The third-order valence-electron chi connectivity index (χ3n) is 4.65. The van der Waals surface area contributed by atoms with E-state index in [4.69, 9.17) is 0 Å². The van der Waals surface area contributed by atoms with E-state index in [1.165, 1.54) is 5.56 Å². The van der Waals surface area contributed by atoms with Gasteiger partial charge >= 0.3 is 0 Å². The van der Waals surface area contributed by atoms with E-state index in [1.807, 2.05) is 18.5 Å². The fourth-order valence-electron chi connectivity index (χ4n) is 3.35. The molecule has 2 aliphatic heterocycles. The molecule has 3 heterocycles. The van der Waals surface area contributed by atoms with Gasteiger partial charge in [0.25, 0.3) is 0 Å². The number of likely N-dealkylation sites (tertiary alicyclic amines) is 1. The Morgan fingerprint density at radius 3 is 2.67 bits per heavy atom. The van der Waals surface area contributed by atoms with Gasteiger partial charge in [0.2, 0.25) is 0 Å². The fraction of sp³-hybridized carbons (Fsp3) is 0.688. The molecule has 5 nitrogen and oxygen atoms in total. The summed E-state index contributed by atoms with van der Waals surface area (Å²) in [6.07, 6.45) is 5.56. The molecule has 1 unspecified atom stereocenters. The molecule has 1 aromatic heterocycles. The fourth-order valence-corrected chi connectivity index (χ4v) is 3.35. The number of aliphatic hydroxyl groups is 1. The van der Waals surface area contributed by atoms with Crippen LogP contribution in [0, 0.1) is 0 Å².